The zero-order valence-electron chi connectivity index (χ0n) is 13.0. The molecule has 2 aromatic rings. The first-order valence-electron chi connectivity index (χ1n) is 7.10. The van der Waals surface area contributed by atoms with Gasteiger partial charge in [-0.05, 0) is 36.8 Å². The fourth-order valence-corrected chi connectivity index (χ4v) is 2.13. The average Bonchev–Trinajstić information content (AvgIpc) is 2.59. The van der Waals surface area contributed by atoms with Crippen LogP contribution < -0.4 is 5.32 Å². The Morgan fingerprint density at radius 2 is 1.78 bits per heavy atom. The number of benzene rings is 2. The van der Waals surface area contributed by atoms with Gasteiger partial charge in [0.05, 0.1) is 0 Å². The van der Waals surface area contributed by atoms with Gasteiger partial charge in [-0.15, -0.1) is 0 Å². The number of carbonyl (C=O) groups is 2. The second-order valence-electron chi connectivity index (χ2n) is 5.07. The van der Waals surface area contributed by atoms with Crippen molar-refractivity contribution in [1.29, 1.82) is 5.26 Å². The maximum atomic E-state index is 12.4. The molecule has 2 aromatic carbocycles. The Morgan fingerprint density at radius 1 is 1.09 bits per heavy atom. The van der Waals surface area contributed by atoms with E-state index in [0.717, 1.165) is 5.56 Å². The van der Waals surface area contributed by atoms with Crippen molar-refractivity contribution in [1.82, 2.24) is 5.32 Å². The van der Waals surface area contributed by atoms with Crippen LogP contribution in [0.3, 0.4) is 0 Å². The predicted octanol–water partition coefficient (Wildman–Crippen LogP) is 3.14. The molecule has 0 fully saturated rings. The monoisotopic (exact) mass is 304 g/mol. The van der Waals surface area contributed by atoms with E-state index in [1.165, 1.54) is 6.08 Å². The zero-order valence-corrected chi connectivity index (χ0v) is 13.0. The lowest BCUT2D eigenvalue weighted by Crippen LogP contribution is -2.17. The molecule has 0 aliphatic heterocycles. The van der Waals surface area contributed by atoms with Crippen LogP contribution in [0.25, 0.3) is 6.08 Å². The summed E-state index contributed by atoms with van der Waals surface area (Å²) < 4.78 is 0. The van der Waals surface area contributed by atoms with Crippen LogP contribution >= 0.6 is 0 Å². The Kier molecular flexibility index (Phi) is 5.06. The number of nitrogens with one attached hydrogen (secondary N) is 1. The van der Waals surface area contributed by atoms with E-state index in [4.69, 9.17) is 0 Å². The molecule has 0 bridgehead atoms. The van der Waals surface area contributed by atoms with Crippen LogP contribution in [0.4, 0.5) is 0 Å². The number of carbonyl (C=O) groups excluding carboxylic acids is 2. The lowest BCUT2D eigenvalue weighted by molar-refractivity contribution is 0.0962. The minimum Gasteiger partial charge on any atom is -0.355 e. The average molecular weight is 304 g/mol. The van der Waals surface area contributed by atoms with E-state index < -0.39 is 0 Å². The van der Waals surface area contributed by atoms with E-state index in [1.54, 1.807) is 49.5 Å². The van der Waals surface area contributed by atoms with Gasteiger partial charge in [0.15, 0.2) is 0 Å². The highest BCUT2D eigenvalue weighted by atomic mass is 16.1. The first kappa shape index (κ1) is 16.2. The lowest BCUT2D eigenvalue weighted by Gasteiger charge is -2.02. The van der Waals surface area contributed by atoms with Gasteiger partial charge >= 0.3 is 0 Å². The van der Waals surface area contributed by atoms with Crippen LogP contribution in [-0.4, -0.2) is 18.7 Å². The number of Topliss-reactive ketones (excluding diaryl/α,β-unsaturated/α-hetero) is 1. The molecular weight excluding hydrogens is 288 g/mol. The molecule has 0 unspecified atom stereocenters. The number of nitriles is 1. The Balaban J connectivity index is 2.30. The van der Waals surface area contributed by atoms with Gasteiger partial charge < -0.3 is 5.32 Å². The van der Waals surface area contributed by atoms with E-state index >= 15 is 0 Å². The Labute approximate surface area is 135 Å². The van der Waals surface area contributed by atoms with Crippen molar-refractivity contribution in [3.8, 4) is 6.07 Å². The minimum atomic E-state index is -0.313. The second kappa shape index (κ2) is 7.19. The molecule has 0 atom stereocenters. The molecule has 4 nitrogen and oxygen atoms in total. The van der Waals surface area contributed by atoms with Gasteiger partial charge in [0.1, 0.15) is 11.6 Å². The molecule has 2 rings (SSSR count). The van der Waals surface area contributed by atoms with Crippen molar-refractivity contribution in [2.75, 3.05) is 7.05 Å². The molecule has 0 saturated carbocycles. The fraction of sp³-hybridized carbons (Fsp3) is 0.105. The van der Waals surface area contributed by atoms with Crippen molar-refractivity contribution < 1.29 is 9.59 Å². The Bertz CT molecular complexity index is 812. The van der Waals surface area contributed by atoms with Crippen LogP contribution in [0.15, 0.2) is 54.1 Å². The number of nitrogens with zero attached hydrogens (tertiary/aromatic N) is 1. The highest BCUT2D eigenvalue weighted by Crippen LogP contribution is 2.14. The van der Waals surface area contributed by atoms with Crippen LogP contribution in [0.2, 0.25) is 0 Å². The molecule has 1 amide bonds. The first-order valence-corrected chi connectivity index (χ1v) is 7.10. The summed E-state index contributed by atoms with van der Waals surface area (Å²) in [6.45, 7) is 1.89. The van der Waals surface area contributed by atoms with Gasteiger partial charge in [0, 0.05) is 18.2 Å². The number of hydrogen-bond acceptors (Lipinski definition) is 3. The summed E-state index contributed by atoms with van der Waals surface area (Å²) in [5, 5.41) is 11.8. The van der Waals surface area contributed by atoms with Crippen molar-refractivity contribution in [3.05, 3.63) is 76.4 Å². The third-order valence-electron chi connectivity index (χ3n) is 3.36. The molecule has 0 aliphatic rings. The molecule has 4 heteroatoms. The summed E-state index contributed by atoms with van der Waals surface area (Å²) in [5.74, 6) is -0.497. The number of ketones is 1. The molecule has 0 aliphatic carbocycles. The molecule has 23 heavy (non-hydrogen) atoms. The Hall–Kier alpha value is -3.19. The standard InChI is InChI=1S/C19H16N2O2/c1-13-4-3-5-16(10-13)18(22)17(12-20)11-14-6-8-15(9-7-14)19(23)21-2/h3-11H,1-2H3,(H,21,23)/b17-11-. The number of allylic oxidation sites excluding steroid dienone is 1. The maximum Gasteiger partial charge on any atom is 0.251 e. The number of rotatable bonds is 4. The molecular formula is C19H16N2O2. The smallest absolute Gasteiger partial charge is 0.251 e. The number of amides is 1. The minimum absolute atomic E-state index is 0.0586. The van der Waals surface area contributed by atoms with Gasteiger partial charge in [-0.2, -0.15) is 5.26 Å². The molecule has 0 heterocycles. The third kappa shape index (κ3) is 3.92. The van der Waals surface area contributed by atoms with Crippen molar-refractivity contribution >= 4 is 17.8 Å². The van der Waals surface area contributed by atoms with E-state index in [9.17, 15) is 14.9 Å². The van der Waals surface area contributed by atoms with Crippen molar-refractivity contribution in [2.24, 2.45) is 0 Å². The molecule has 114 valence electrons. The van der Waals surface area contributed by atoms with E-state index in [2.05, 4.69) is 5.32 Å². The van der Waals surface area contributed by atoms with Gasteiger partial charge in [-0.1, -0.05) is 35.9 Å². The topological polar surface area (TPSA) is 70.0 Å². The summed E-state index contributed by atoms with van der Waals surface area (Å²) in [5.41, 5.74) is 2.72. The first-order chi connectivity index (χ1) is 11.0. The van der Waals surface area contributed by atoms with Crippen molar-refractivity contribution in [2.45, 2.75) is 6.92 Å². The molecule has 1 N–H and O–H groups in total. The summed E-state index contributed by atoms with van der Waals surface area (Å²) in [7, 11) is 1.56. The largest absolute Gasteiger partial charge is 0.355 e. The van der Waals surface area contributed by atoms with Crippen LogP contribution in [0.5, 0.6) is 0 Å². The molecule has 0 radical (unpaired) electrons. The predicted molar refractivity (Wildman–Crippen MR) is 88.9 cm³/mol. The van der Waals surface area contributed by atoms with Crippen molar-refractivity contribution in [3.63, 3.8) is 0 Å². The Morgan fingerprint density at radius 3 is 2.35 bits per heavy atom. The summed E-state index contributed by atoms with van der Waals surface area (Å²) in [4.78, 5) is 23.9. The van der Waals surface area contributed by atoms with Gasteiger partial charge in [0.25, 0.3) is 5.91 Å². The fourth-order valence-electron chi connectivity index (χ4n) is 2.13. The summed E-state index contributed by atoms with van der Waals surface area (Å²) in [6.07, 6.45) is 1.53. The van der Waals surface area contributed by atoms with Gasteiger partial charge in [0.2, 0.25) is 5.78 Å². The number of hydrogen-bond donors (Lipinski definition) is 1. The summed E-state index contributed by atoms with van der Waals surface area (Å²) in [6, 6.07) is 15.8. The second-order valence-corrected chi connectivity index (χ2v) is 5.07. The maximum absolute atomic E-state index is 12.4. The lowest BCUT2D eigenvalue weighted by atomic mass is 10.00. The third-order valence-corrected chi connectivity index (χ3v) is 3.36. The molecule has 0 saturated heterocycles. The van der Waals surface area contributed by atoms with Gasteiger partial charge in [-0.3, -0.25) is 9.59 Å². The van der Waals surface area contributed by atoms with Crippen LogP contribution in [-0.2, 0) is 0 Å². The quantitative estimate of drug-likeness (QED) is 0.536. The molecule has 0 aromatic heterocycles. The van der Waals surface area contributed by atoms with Crippen LogP contribution in [0, 0.1) is 18.3 Å². The van der Waals surface area contributed by atoms with E-state index in [0.29, 0.717) is 16.7 Å². The van der Waals surface area contributed by atoms with E-state index in [1.807, 2.05) is 19.1 Å². The summed E-state index contributed by atoms with van der Waals surface area (Å²) >= 11 is 0. The van der Waals surface area contributed by atoms with Crippen LogP contribution in [0.1, 0.15) is 31.8 Å². The number of aryl methyl sites for hydroxylation is 1. The molecule has 0 spiro atoms. The SMILES string of the molecule is CNC(=O)c1ccc(/C=C(/C#N)C(=O)c2cccc(C)c2)cc1. The highest BCUT2D eigenvalue weighted by Gasteiger charge is 2.12. The highest BCUT2D eigenvalue weighted by molar-refractivity contribution is 6.14. The van der Waals surface area contributed by atoms with E-state index in [-0.39, 0.29) is 17.3 Å². The normalized spacial score (nSPS) is 10.7. The van der Waals surface area contributed by atoms with Gasteiger partial charge in [-0.25, -0.2) is 0 Å². The zero-order chi connectivity index (χ0) is 16.8.